The Morgan fingerprint density at radius 1 is 1.20 bits per heavy atom. The highest BCUT2D eigenvalue weighted by atomic mass is 32.1. The van der Waals surface area contributed by atoms with Gasteiger partial charge in [0.1, 0.15) is 5.57 Å². The van der Waals surface area contributed by atoms with Gasteiger partial charge in [0, 0.05) is 5.38 Å². The normalized spacial score (nSPS) is 12.4. The predicted octanol–water partition coefficient (Wildman–Crippen LogP) is 4.49. The van der Waals surface area contributed by atoms with Crippen LogP contribution < -0.4 is 0 Å². The van der Waals surface area contributed by atoms with Crippen LogP contribution in [0, 0.1) is 0 Å². The van der Waals surface area contributed by atoms with Crippen LogP contribution in [-0.4, -0.2) is 25.2 Å². The summed E-state index contributed by atoms with van der Waals surface area (Å²) in [7, 11) is 2.65. The molecule has 0 aliphatic rings. The van der Waals surface area contributed by atoms with Crippen molar-refractivity contribution in [2.24, 2.45) is 0 Å². The third kappa shape index (κ3) is 4.69. The molecular formula is C17H14F3NO3S. The van der Waals surface area contributed by atoms with Crippen molar-refractivity contribution in [1.82, 2.24) is 4.98 Å². The Morgan fingerprint density at radius 3 is 2.52 bits per heavy atom. The quantitative estimate of drug-likeness (QED) is 0.443. The molecule has 2 aromatic rings. The molecule has 0 saturated heterocycles. The van der Waals surface area contributed by atoms with Gasteiger partial charge in [-0.1, -0.05) is 30.3 Å². The van der Waals surface area contributed by atoms with E-state index in [1.165, 1.54) is 31.9 Å². The highest BCUT2D eigenvalue weighted by molar-refractivity contribution is 7.09. The zero-order chi connectivity index (χ0) is 18.4. The van der Waals surface area contributed by atoms with Crippen LogP contribution in [0.2, 0.25) is 0 Å². The summed E-state index contributed by atoms with van der Waals surface area (Å²) in [6.07, 6.45) is -0.180. The van der Waals surface area contributed by atoms with E-state index in [0.29, 0.717) is 22.5 Å². The SMILES string of the molecule is CO/C=C(/C(=O)OC)c1ccccc1/C=C/c1csc(C(F)(F)F)n1. The van der Waals surface area contributed by atoms with Crippen molar-refractivity contribution in [3.8, 4) is 0 Å². The maximum Gasteiger partial charge on any atom is 0.443 e. The summed E-state index contributed by atoms with van der Waals surface area (Å²) in [6, 6.07) is 6.87. The first kappa shape index (κ1) is 18.7. The molecule has 1 aromatic carbocycles. The first-order valence-electron chi connectivity index (χ1n) is 6.98. The zero-order valence-electron chi connectivity index (χ0n) is 13.3. The number of halogens is 3. The summed E-state index contributed by atoms with van der Waals surface area (Å²) in [5.74, 6) is -0.587. The molecule has 0 unspecified atom stereocenters. The third-order valence-corrected chi connectivity index (χ3v) is 4.00. The third-order valence-electron chi connectivity index (χ3n) is 3.09. The molecule has 0 radical (unpaired) electrons. The lowest BCUT2D eigenvalue weighted by Crippen LogP contribution is -2.05. The number of nitrogens with zero attached hydrogens (tertiary/aromatic N) is 1. The molecule has 0 spiro atoms. The van der Waals surface area contributed by atoms with Gasteiger partial charge < -0.3 is 9.47 Å². The van der Waals surface area contributed by atoms with Crippen LogP contribution in [0.1, 0.15) is 21.8 Å². The van der Waals surface area contributed by atoms with E-state index in [0.717, 1.165) is 0 Å². The second-order valence-electron chi connectivity index (χ2n) is 4.75. The summed E-state index contributed by atoms with van der Waals surface area (Å²) in [5, 5.41) is 0.406. The summed E-state index contributed by atoms with van der Waals surface area (Å²) >= 11 is 0.526. The number of aromatic nitrogens is 1. The van der Waals surface area contributed by atoms with E-state index < -0.39 is 17.2 Å². The van der Waals surface area contributed by atoms with Gasteiger partial charge in [0.25, 0.3) is 0 Å². The standard InChI is InChI=1S/C17H14F3NO3S/c1-23-9-14(15(22)24-2)13-6-4-3-5-11(13)7-8-12-10-25-16(21-12)17(18,19)20/h3-10H,1-2H3/b8-7+,14-9+. The lowest BCUT2D eigenvalue weighted by Gasteiger charge is -2.08. The van der Waals surface area contributed by atoms with Gasteiger partial charge in [-0.3, -0.25) is 0 Å². The molecule has 0 bridgehead atoms. The van der Waals surface area contributed by atoms with Crippen LogP contribution in [-0.2, 0) is 20.4 Å². The van der Waals surface area contributed by atoms with Crippen LogP contribution in [0.3, 0.4) is 0 Å². The number of benzene rings is 1. The van der Waals surface area contributed by atoms with Gasteiger partial charge in [0.2, 0.25) is 0 Å². The van der Waals surface area contributed by atoms with Gasteiger partial charge >= 0.3 is 12.1 Å². The number of thiazole rings is 1. The molecule has 0 atom stereocenters. The Bertz CT molecular complexity index is 809. The van der Waals surface area contributed by atoms with Gasteiger partial charge in [-0.15, -0.1) is 11.3 Å². The Morgan fingerprint density at radius 2 is 1.92 bits per heavy atom. The van der Waals surface area contributed by atoms with Crippen LogP contribution in [0.5, 0.6) is 0 Å². The lowest BCUT2D eigenvalue weighted by atomic mass is 10.00. The summed E-state index contributed by atoms with van der Waals surface area (Å²) in [5.41, 5.74) is 1.51. The Kier molecular flexibility index (Phi) is 5.97. The number of hydrogen-bond donors (Lipinski definition) is 0. The number of ether oxygens (including phenoxy) is 2. The summed E-state index contributed by atoms with van der Waals surface area (Å²) in [4.78, 5) is 15.4. The molecule has 4 nitrogen and oxygen atoms in total. The number of alkyl halides is 3. The van der Waals surface area contributed by atoms with Gasteiger partial charge in [-0.25, -0.2) is 9.78 Å². The largest absolute Gasteiger partial charge is 0.503 e. The molecule has 0 N–H and O–H groups in total. The maximum atomic E-state index is 12.6. The molecule has 1 heterocycles. The van der Waals surface area contributed by atoms with Gasteiger partial charge in [0.05, 0.1) is 26.2 Å². The minimum Gasteiger partial charge on any atom is -0.503 e. The molecule has 0 aliphatic heterocycles. The average molecular weight is 369 g/mol. The molecule has 25 heavy (non-hydrogen) atoms. The van der Waals surface area contributed by atoms with Crippen molar-refractivity contribution in [2.75, 3.05) is 14.2 Å². The van der Waals surface area contributed by atoms with Crippen LogP contribution in [0.25, 0.3) is 17.7 Å². The molecule has 8 heteroatoms. The number of methoxy groups -OCH3 is 2. The van der Waals surface area contributed by atoms with E-state index >= 15 is 0 Å². The smallest absolute Gasteiger partial charge is 0.443 e. The fourth-order valence-corrected chi connectivity index (χ4v) is 2.66. The van der Waals surface area contributed by atoms with Gasteiger partial charge in [-0.05, 0) is 17.2 Å². The highest BCUT2D eigenvalue weighted by Crippen LogP contribution is 2.32. The van der Waals surface area contributed by atoms with E-state index in [1.807, 2.05) is 0 Å². The van der Waals surface area contributed by atoms with Gasteiger partial charge in [0.15, 0.2) is 5.01 Å². The first-order chi connectivity index (χ1) is 11.9. The van der Waals surface area contributed by atoms with Crippen molar-refractivity contribution in [3.05, 3.63) is 57.7 Å². The molecule has 132 valence electrons. The summed E-state index contributed by atoms with van der Waals surface area (Å²) in [6.45, 7) is 0. The minimum absolute atomic E-state index is 0.183. The van der Waals surface area contributed by atoms with Crippen LogP contribution in [0.4, 0.5) is 13.2 Å². The van der Waals surface area contributed by atoms with E-state index in [1.54, 1.807) is 30.3 Å². The molecule has 1 aromatic heterocycles. The first-order valence-corrected chi connectivity index (χ1v) is 7.86. The van der Waals surface area contributed by atoms with E-state index in [9.17, 15) is 18.0 Å². The fraction of sp³-hybridized carbons (Fsp3) is 0.176. The topological polar surface area (TPSA) is 48.4 Å². The predicted molar refractivity (Wildman–Crippen MR) is 89.5 cm³/mol. The number of carbonyl (C=O) groups excluding carboxylic acids is 1. The maximum absolute atomic E-state index is 12.6. The molecular weight excluding hydrogens is 355 g/mol. The Labute approximate surface area is 146 Å². The Balaban J connectivity index is 2.36. The van der Waals surface area contributed by atoms with Crippen LogP contribution in [0.15, 0.2) is 35.9 Å². The zero-order valence-corrected chi connectivity index (χ0v) is 14.1. The summed E-state index contributed by atoms with van der Waals surface area (Å²) < 4.78 is 47.4. The highest BCUT2D eigenvalue weighted by Gasteiger charge is 2.34. The van der Waals surface area contributed by atoms with Crippen molar-refractivity contribution in [1.29, 1.82) is 0 Å². The minimum atomic E-state index is -4.46. The molecule has 0 aliphatic carbocycles. The molecule has 0 saturated carbocycles. The lowest BCUT2D eigenvalue weighted by molar-refractivity contribution is -0.137. The second-order valence-corrected chi connectivity index (χ2v) is 5.61. The number of carbonyl (C=O) groups is 1. The van der Waals surface area contributed by atoms with Gasteiger partial charge in [-0.2, -0.15) is 13.2 Å². The van der Waals surface area contributed by atoms with E-state index in [4.69, 9.17) is 9.47 Å². The Hall–Kier alpha value is -2.61. The van der Waals surface area contributed by atoms with Crippen molar-refractivity contribution < 1.29 is 27.4 Å². The fourth-order valence-electron chi connectivity index (χ4n) is 2.01. The van der Waals surface area contributed by atoms with Crippen LogP contribution >= 0.6 is 11.3 Å². The average Bonchev–Trinajstić information content (AvgIpc) is 3.07. The molecule has 0 amide bonds. The monoisotopic (exact) mass is 369 g/mol. The van der Waals surface area contributed by atoms with E-state index in [2.05, 4.69) is 4.98 Å². The molecule has 0 fully saturated rings. The van der Waals surface area contributed by atoms with Crippen molar-refractivity contribution in [3.63, 3.8) is 0 Å². The second kappa shape index (κ2) is 7.98. The number of hydrogen-bond acceptors (Lipinski definition) is 5. The van der Waals surface area contributed by atoms with Crippen molar-refractivity contribution >= 4 is 35.0 Å². The number of rotatable bonds is 5. The number of esters is 1. The molecule has 2 rings (SSSR count). The van der Waals surface area contributed by atoms with Crippen molar-refractivity contribution in [2.45, 2.75) is 6.18 Å². The van der Waals surface area contributed by atoms with E-state index in [-0.39, 0.29) is 11.3 Å².